The maximum absolute atomic E-state index is 12.7. The molecule has 27 heavy (non-hydrogen) atoms. The Morgan fingerprint density at radius 1 is 1.04 bits per heavy atom. The second kappa shape index (κ2) is 7.99. The summed E-state index contributed by atoms with van der Waals surface area (Å²) in [5.74, 6) is 1.48. The van der Waals surface area contributed by atoms with E-state index in [1.54, 1.807) is 0 Å². The molecular weight excluding hydrogens is 334 g/mol. The van der Waals surface area contributed by atoms with Crippen molar-refractivity contribution in [3.05, 3.63) is 65.9 Å². The third kappa shape index (κ3) is 3.78. The molecule has 1 aromatic heterocycles. The smallest absolute Gasteiger partial charge is 0.202 e. The van der Waals surface area contributed by atoms with Crippen LogP contribution in [-0.2, 0) is 6.54 Å². The van der Waals surface area contributed by atoms with E-state index in [0.717, 1.165) is 28.8 Å². The van der Waals surface area contributed by atoms with Crippen LogP contribution in [0.3, 0.4) is 0 Å². The fourth-order valence-electron chi connectivity index (χ4n) is 4.23. The Kier molecular flexibility index (Phi) is 5.28. The normalized spacial score (nSPS) is 15.1. The molecule has 1 aliphatic rings. The van der Waals surface area contributed by atoms with Crippen molar-refractivity contribution in [3.63, 3.8) is 0 Å². The molecule has 140 valence electrons. The second-order valence-corrected chi connectivity index (χ2v) is 7.46. The summed E-state index contributed by atoms with van der Waals surface area (Å²) in [5.41, 5.74) is 3.24. The number of fused-ring (bicyclic) bond motifs is 1. The number of hydrogen-bond donors (Lipinski definition) is 0. The zero-order valence-corrected chi connectivity index (χ0v) is 16.0. The van der Waals surface area contributed by atoms with Crippen molar-refractivity contribution in [2.45, 2.75) is 51.5 Å². The summed E-state index contributed by atoms with van der Waals surface area (Å²) in [4.78, 5) is 12.7. The number of benzene rings is 2. The summed E-state index contributed by atoms with van der Waals surface area (Å²) in [6, 6.07) is 16.4. The van der Waals surface area contributed by atoms with Crippen molar-refractivity contribution in [2.75, 3.05) is 6.61 Å². The number of Topliss-reactive ketones (excluding diaryl/α,β-unsaturated/α-hetero) is 1. The SMILES string of the molecule is CCn1cc(C(=O)COc2ccc(C3CCCCC3)cc2)c2ccccc21. The molecule has 1 heterocycles. The molecule has 1 saturated carbocycles. The van der Waals surface area contributed by atoms with Crippen LogP contribution in [0.15, 0.2) is 54.7 Å². The van der Waals surface area contributed by atoms with Gasteiger partial charge < -0.3 is 9.30 Å². The third-order valence-electron chi connectivity index (χ3n) is 5.76. The standard InChI is InChI=1S/C24H27NO2/c1-2-25-16-22(21-10-6-7-11-23(21)25)24(26)17-27-20-14-12-19(13-15-20)18-8-4-3-5-9-18/h6-7,10-16,18H,2-5,8-9,17H2,1H3. The highest BCUT2D eigenvalue weighted by atomic mass is 16.5. The van der Waals surface area contributed by atoms with Crippen molar-refractivity contribution < 1.29 is 9.53 Å². The lowest BCUT2D eigenvalue weighted by atomic mass is 9.84. The lowest BCUT2D eigenvalue weighted by Gasteiger charge is -2.22. The molecule has 0 amide bonds. The van der Waals surface area contributed by atoms with Gasteiger partial charge in [0.25, 0.3) is 0 Å². The zero-order valence-electron chi connectivity index (χ0n) is 16.0. The minimum absolute atomic E-state index is 0.0229. The van der Waals surface area contributed by atoms with Gasteiger partial charge in [-0.1, -0.05) is 49.6 Å². The van der Waals surface area contributed by atoms with Crippen LogP contribution in [0, 0.1) is 0 Å². The first-order chi connectivity index (χ1) is 13.3. The van der Waals surface area contributed by atoms with Crippen molar-refractivity contribution in [1.82, 2.24) is 4.57 Å². The van der Waals surface area contributed by atoms with Gasteiger partial charge in [-0.15, -0.1) is 0 Å². The number of para-hydroxylation sites is 1. The number of ketones is 1. The molecule has 1 aliphatic carbocycles. The largest absolute Gasteiger partial charge is 0.485 e. The number of carbonyl (C=O) groups excluding carboxylic acids is 1. The predicted octanol–water partition coefficient (Wildman–Crippen LogP) is 5.97. The van der Waals surface area contributed by atoms with Crippen molar-refractivity contribution >= 4 is 16.7 Å². The first-order valence-electron chi connectivity index (χ1n) is 10.1. The summed E-state index contributed by atoms with van der Waals surface area (Å²) < 4.78 is 7.91. The van der Waals surface area contributed by atoms with Gasteiger partial charge in [-0.25, -0.2) is 0 Å². The lowest BCUT2D eigenvalue weighted by Crippen LogP contribution is -2.11. The Morgan fingerprint density at radius 2 is 1.78 bits per heavy atom. The number of nitrogens with zero attached hydrogens (tertiary/aromatic N) is 1. The second-order valence-electron chi connectivity index (χ2n) is 7.46. The van der Waals surface area contributed by atoms with Crippen molar-refractivity contribution in [1.29, 1.82) is 0 Å². The third-order valence-corrected chi connectivity index (χ3v) is 5.76. The minimum atomic E-state index is 0.0229. The van der Waals surface area contributed by atoms with Gasteiger partial charge in [0.05, 0.1) is 0 Å². The van der Waals surface area contributed by atoms with Gasteiger partial charge >= 0.3 is 0 Å². The molecule has 3 heteroatoms. The van der Waals surface area contributed by atoms with Gasteiger partial charge in [0, 0.05) is 29.2 Å². The summed E-state index contributed by atoms with van der Waals surface area (Å²) in [6.45, 7) is 3.00. The molecule has 0 N–H and O–H groups in total. The van der Waals surface area contributed by atoms with E-state index in [1.165, 1.54) is 37.7 Å². The van der Waals surface area contributed by atoms with Crippen LogP contribution in [-0.4, -0.2) is 17.0 Å². The van der Waals surface area contributed by atoms with Crippen LogP contribution in [0.1, 0.15) is 60.9 Å². The Bertz CT molecular complexity index is 917. The maximum Gasteiger partial charge on any atom is 0.202 e. The number of carbonyl (C=O) groups is 1. The van der Waals surface area contributed by atoms with E-state index in [-0.39, 0.29) is 12.4 Å². The van der Waals surface area contributed by atoms with Gasteiger partial charge in [-0.3, -0.25) is 4.79 Å². The van der Waals surface area contributed by atoms with E-state index < -0.39 is 0 Å². The highest BCUT2D eigenvalue weighted by molar-refractivity contribution is 6.08. The van der Waals surface area contributed by atoms with Crippen LogP contribution in [0.4, 0.5) is 0 Å². The fourth-order valence-corrected chi connectivity index (χ4v) is 4.23. The number of rotatable bonds is 6. The average molecular weight is 361 g/mol. The summed E-state index contributed by atoms with van der Waals surface area (Å²) in [6.07, 6.45) is 8.57. The Morgan fingerprint density at radius 3 is 2.52 bits per heavy atom. The molecule has 0 saturated heterocycles. The first-order valence-corrected chi connectivity index (χ1v) is 10.1. The average Bonchev–Trinajstić information content (AvgIpc) is 3.12. The molecule has 4 rings (SSSR count). The van der Waals surface area contributed by atoms with Crippen LogP contribution in [0.2, 0.25) is 0 Å². The van der Waals surface area contributed by atoms with Crippen LogP contribution < -0.4 is 4.74 Å². The molecule has 0 radical (unpaired) electrons. The monoisotopic (exact) mass is 361 g/mol. The fraction of sp³-hybridized carbons (Fsp3) is 0.375. The molecule has 0 aliphatic heterocycles. The number of ether oxygens (including phenoxy) is 1. The molecule has 2 aromatic carbocycles. The maximum atomic E-state index is 12.7. The quantitative estimate of drug-likeness (QED) is 0.506. The highest BCUT2D eigenvalue weighted by Gasteiger charge is 2.17. The summed E-state index contributed by atoms with van der Waals surface area (Å²) in [7, 11) is 0. The van der Waals surface area contributed by atoms with E-state index >= 15 is 0 Å². The van der Waals surface area contributed by atoms with E-state index in [0.29, 0.717) is 5.92 Å². The van der Waals surface area contributed by atoms with Crippen LogP contribution in [0.5, 0.6) is 5.75 Å². The number of hydrogen-bond acceptors (Lipinski definition) is 2. The Hall–Kier alpha value is -2.55. The minimum Gasteiger partial charge on any atom is -0.485 e. The highest BCUT2D eigenvalue weighted by Crippen LogP contribution is 2.33. The number of aryl methyl sites for hydroxylation is 1. The van der Waals surface area contributed by atoms with E-state index in [1.807, 2.05) is 36.5 Å². The molecule has 3 aromatic rings. The molecular formula is C24H27NO2. The molecule has 0 bridgehead atoms. The molecule has 1 fully saturated rings. The summed E-state index contributed by atoms with van der Waals surface area (Å²) >= 11 is 0. The van der Waals surface area contributed by atoms with E-state index in [2.05, 4.69) is 29.7 Å². The Labute approximate surface area is 161 Å². The molecule has 0 unspecified atom stereocenters. The molecule has 3 nitrogen and oxygen atoms in total. The van der Waals surface area contributed by atoms with Gasteiger partial charge in [-0.2, -0.15) is 0 Å². The van der Waals surface area contributed by atoms with Crippen molar-refractivity contribution in [2.24, 2.45) is 0 Å². The van der Waals surface area contributed by atoms with Crippen LogP contribution in [0.25, 0.3) is 10.9 Å². The van der Waals surface area contributed by atoms with E-state index in [4.69, 9.17) is 4.74 Å². The molecule has 0 atom stereocenters. The Balaban J connectivity index is 1.43. The van der Waals surface area contributed by atoms with Gasteiger partial charge in [0.15, 0.2) is 6.61 Å². The van der Waals surface area contributed by atoms with Crippen molar-refractivity contribution in [3.8, 4) is 5.75 Å². The number of aromatic nitrogens is 1. The van der Waals surface area contributed by atoms with Gasteiger partial charge in [0.1, 0.15) is 5.75 Å². The topological polar surface area (TPSA) is 31.2 Å². The zero-order chi connectivity index (χ0) is 18.6. The van der Waals surface area contributed by atoms with E-state index in [9.17, 15) is 4.79 Å². The summed E-state index contributed by atoms with van der Waals surface area (Å²) in [5, 5.41) is 1.00. The van der Waals surface area contributed by atoms with Gasteiger partial charge in [-0.05, 0) is 49.4 Å². The van der Waals surface area contributed by atoms with Gasteiger partial charge in [0.2, 0.25) is 5.78 Å². The molecule has 0 spiro atoms. The predicted molar refractivity (Wildman–Crippen MR) is 110 cm³/mol. The first kappa shape index (κ1) is 17.8. The van der Waals surface area contributed by atoms with Crippen LogP contribution >= 0.6 is 0 Å². The lowest BCUT2D eigenvalue weighted by molar-refractivity contribution is 0.0923.